The third kappa shape index (κ3) is 3.54. The lowest BCUT2D eigenvalue weighted by atomic mass is 10.1. The molecule has 2 heterocycles. The second-order valence-corrected chi connectivity index (χ2v) is 6.67. The third-order valence-electron chi connectivity index (χ3n) is 4.59. The number of aromatic nitrogens is 3. The molecule has 0 unspecified atom stereocenters. The Balaban J connectivity index is 1.79. The van der Waals surface area contributed by atoms with Gasteiger partial charge in [0, 0.05) is 11.4 Å². The predicted octanol–water partition coefficient (Wildman–Crippen LogP) is 4.44. The third-order valence-corrected chi connectivity index (χ3v) is 4.59. The number of benzene rings is 2. The van der Waals surface area contributed by atoms with Crippen LogP contribution in [0.2, 0.25) is 0 Å². The van der Waals surface area contributed by atoms with E-state index in [-0.39, 0.29) is 11.7 Å². The zero-order chi connectivity index (χ0) is 20.5. The van der Waals surface area contributed by atoms with Crippen LogP contribution in [0.4, 0.5) is 10.1 Å². The monoisotopic (exact) mass is 390 g/mol. The van der Waals surface area contributed by atoms with Crippen molar-refractivity contribution in [3.63, 3.8) is 0 Å². The van der Waals surface area contributed by atoms with Gasteiger partial charge in [-0.25, -0.2) is 14.1 Å². The van der Waals surface area contributed by atoms with E-state index in [0.29, 0.717) is 45.1 Å². The van der Waals surface area contributed by atoms with E-state index in [1.54, 1.807) is 61.2 Å². The molecule has 4 rings (SSSR count). The number of carbonyl (C=O) groups excluding carboxylic acids is 1. The second kappa shape index (κ2) is 7.35. The minimum Gasteiger partial charge on any atom is -0.497 e. The molecule has 1 N–H and O–H groups in total. The van der Waals surface area contributed by atoms with E-state index in [1.807, 2.05) is 6.92 Å². The first-order chi connectivity index (χ1) is 14.0. The zero-order valence-corrected chi connectivity index (χ0v) is 16.2. The lowest BCUT2D eigenvalue weighted by molar-refractivity contribution is 0.102. The van der Waals surface area contributed by atoms with Crippen molar-refractivity contribution in [3.05, 3.63) is 77.4 Å². The molecule has 0 bridgehead atoms. The molecule has 0 radical (unpaired) electrons. The van der Waals surface area contributed by atoms with Gasteiger partial charge in [-0.3, -0.25) is 4.79 Å². The Morgan fingerprint density at radius 1 is 1.10 bits per heavy atom. The average molecular weight is 390 g/mol. The summed E-state index contributed by atoms with van der Waals surface area (Å²) < 4.78 is 20.4. The molecular formula is C22H19FN4O2. The number of amides is 1. The van der Waals surface area contributed by atoms with Gasteiger partial charge >= 0.3 is 0 Å². The molecule has 1 amide bonds. The van der Waals surface area contributed by atoms with E-state index >= 15 is 0 Å². The Morgan fingerprint density at radius 3 is 2.55 bits per heavy atom. The molecule has 0 saturated heterocycles. The normalized spacial score (nSPS) is 10.9. The number of pyridine rings is 1. The number of nitrogens with one attached hydrogen (secondary N) is 1. The van der Waals surface area contributed by atoms with Crippen molar-refractivity contribution < 1.29 is 13.9 Å². The summed E-state index contributed by atoms with van der Waals surface area (Å²) in [5, 5.41) is 8.03. The van der Waals surface area contributed by atoms with Crippen molar-refractivity contribution in [1.82, 2.24) is 14.8 Å². The summed E-state index contributed by atoms with van der Waals surface area (Å²) in [6, 6.07) is 14.9. The van der Waals surface area contributed by atoms with E-state index in [9.17, 15) is 9.18 Å². The molecule has 2 aromatic heterocycles. The molecule has 4 aromatic rings. The Labute approximate surface area is 167 Å². The fourth-order valence-electron chi connectivity index (χ4n) is 3.25. The van der Waals surface area contributed by atoms with Crippen molar-refractivity contribution in [2.45, 2.75) is 13.8 Å². The number of hydrogen-bond donors (Lipinski definition) is 1. The first kappa shape index (κ1) is 18.6. The molecule has 0 spiro atoms. The largest absolute Gasteiger partial charge is 0.497 e. The van der Waals surface area contributed by atoms with Crippen LogP contribution in [0.3, 0.4) is 0 Å². The summed E-state index contributed by atoms with van der Waals surface area (Å²) in [5.74, 6) is 0.0684. The van der Waals surface area contributed by atoms with Gasteiger partial charge in [-0.05, 0) is 62.4 Å². The molecule has 146 valence electrons. The maximum Gasteiger partial charge on any atom is 0.256 e. The van der Waals surface area contributed by atoms with Crippen molar-refractivity contribution in [3.8, 4) is 11.4 Å². The maximum absolute atomic E-state index is 13.7. The summed E-state index contributed by atoms with van der Waals surface area (Å²) in [7, 11) is 1.59. The van der Waals surface area contributed by atoms with Crippen LogP contribution in [0.15, 0.2) is 54.6 Å². The smallest absolute Gasteiger partial charge is 0.256 e. The molecular weight excluding hydrogens is 371 g/mol. The number of hydrogen-bond acceptors (Lipinski definition) is 4. The van der Waals surface area contributed by atoms with Crippen LogP contribution < -0.4 is 10.1 Å². The second-order valence-electron chi connectivity index (χ2n) is 6.67. The first-order valence-corrected chi connectivity index (χ1v) is 9.04. The van der Waals surface area contributed by atoms with E-state index in [2.05, 4.69) is 15.4 Å². The highest BCUT2D eigenvalue weighted by molar-refractivity contribution is 6.12. The van der Waals surface area contributed by atoms with Gasteiger partial charge in [-0.2, -0.15) is 5.10 Å². The van der Waals surface area contributed by atoms with E-state index < -0.39 is 0 Å². The van der Waals surface area contributed by atoms with Crippen LogP contribution in [0.5, 0.6) is 5.75 Å². The predicted molar refractivity (Wildman–Crippen MR) is 109 cm³/mol. The fraction of sp³-hybridized carbons (Fsp3) is 0.136. The summed E-state index contributed by atoms with van der Waals surface area (Å²) in [4.78, 5) is 17.6. The Morgan fingerprint density at radius 2 is 1.86 bits per heavy atom. The molecule has 0 aliphatic heterocycles. The highest BCUT2D eigenvalue weighted by Crippen LogP contribution is 2.26. The van der Waals surface area contributed by atoms with E-state index in [4.69, 9.17) is 4.74 Å². The highest BCUT2D eigenvalue weighted by atomic mass is 19.1. The van der Waals surface area contributed by atoms with Gasteiger partial charge in [0.25, 0.3) is 5.91 Å². The average Bonchev–Trinajstić information content (AvgIpc) is 3.04. The van der Waals surface area contributed by atoms with Crippen molar-refractivity contribution in [1.29, 1.82) is 0 Å². The number of ether oxygens (including phenoxy) is 1. The fourth-order valence-corrected chi connectivity index (χ4v) is 3.25. The number of methoxy groups -OCH3 is 1. The van der Waals surface area contributed by atoms with Gasteiger partial charge < -0.3 is 10.1 Å². The van der Waals surface area contributed by atoms with Gasteiger partial charge in [0.05, 0.1) is 29.4 Å². The molecule has 0 fully saturated rings. The van der Waals surface area contributed by atoms with Gasteiger partial charge in [-0.15, -0.1) is 0 Å². The van der Waals surface area contributed by atoms with Crippen molar-refractivity contribution in [2.75, 3.05) is 12.4 Å². The van der Waals surface area contributed by atoms with Crippen LogP contribution in [0.25, 0.3) is 16.7 Å². The maximum atomic E-state index is 13.7. The summed E-state index contributed by atoms with van der Waals surface area (Å²) >= 11 is 0. The van der Waals surface area contributed by atoms with Crippen LogP contribution in [0.1, 0.15) is 21.7 Å². The topological polar surface area (TPSA) is 69.0 Å². The minimum atomic E-state index is -0.367. The molecule has 7 heteroatoms. The number of carbonyl (C=O) groups is 1. The van der Waals surface area contributed by atoms with Crippen LogP contribution in [0, 0.1) is 19.7 Å². The number of fused-ring (bicyclic) bond motifs is 1. The number of rotatable bonds is 4. The van der Waals surface area contributed by atoms with Crippen molar-refractivity contribution in [2.24, 2.45) is 0 Å². The lowest BCUT2D eigenvalue weighted by Gasteiger charge is -2.09. The SMILES string of the molecule is COc1ccc(NC(=O)c2cc(C)nc3c2c(C)nn3-c2cccc(F)c2)cc1. The number of anilines is 1. The number of halogens is 1. The molecule has 6 nitrogen and oxygen atoms in total. The number of aryl methyl sites for hydroxylation is 2. The molecule has 29 heavy (non-hydrogen) atoms. The van der Waals surface area contributed by atoms with Gasteiger partial charge in [0.2, 0.25) is 0 Å². The highest BCUT2D eigenvalue weighted by Gasteiger charge is 2.20. The molecule has 0 saturated carbocycles. The van der Waals surface area contributed by atoms with E-state index in [1.165, 1.54) is 12.1 Å². The minimum absolute atomic E-state index is 0.271. The van der Waals surface area contributed by atoms with E-state index in [0.717, 1.165) is 0 Å². The summed E-state index contributed by atoms with van der Waals surface area (Å²) in [6.45, 7) is 3.61. The lowest BCUT2D eigenvalue weighted by Crippen LogP contribution is -2.13. The van der Waals surface area contributed by atoms with Gasteiger partial charge in [0.1, 0.15) is 11.6 Å². The van der Waals surface area contributed by atoms with Crippen LogP contribution in [-0.2, 0) is 0 Å². The number of nitrogens with zero attached hydrogens (tertiary/aromatic N) is 3. The van der Waals surface area contributed by atoms with Gasteiger partial charge in [0.15, 0.2) is 5.65 Å². The molecule has 0 atom stereocenters. The summed E-state index contributed by atoms with van der Waals surface area (Å²) in [5.41, 5.74) is 3.46. The molecule has 2 aromatic carbocycles. The Hall–Kier alpha value is -3.74. The van der Waals surface area contributed by atoms with Crippen LogP contribution in [-0.4, -0.2) is 27.8 Å². The zero-order valence-electron chi connectivity index (χ0n) is 16.2. The van der Waals surface area contributed by atoms with Crippen LogP contribution >= 0.6 is 0 Å². The Kier molecular flexibility index (Phi) is 4.72. The molecule has 0 aliphatic rings. The Bertz CT molecular complexity index is 1220. The first-order valence-electron chi connectivity index (χ1n) is 9.04. The summed E-state index contributed by atoms with van der Waals surface area (Å²) in [6.07, 6.45) is 0. The van der Waals surface area contributed by atoms with Crippen molar-refractivity contribution >= 4 is 22.6 Å². The molecule has 0 aliphatic carbocycles. The quantitative estimate of drug-likeness (QED) is 0.559. The van der Waals surface area contributed by atoms with Gasteiger partial charge in [-0.1, -0.05) is 6.07 Å². The standard InChI is InChI=1S/C22H19FN4O2/c1-13-11-19(22(28)25-16-7-9-18(29-3)10-8-16)20-14(2)26-27(21(20)24-13)17-6-4-5-15(23)12-17/h4-12H,1-3H3,(H,25,28).